The van der Waals surface area contributed by atoms with Crippen LogP contribution in [0, 0.1) is 6.92 Å². The van der Waals surface area contributed by atoms with Crippen molar-refractivity contribution in [3.8, 4) is 11.5 Å². The van der Waals surface area contributed by atoms with Gasteiger partial charge in [-0.1, -0.05) is 42.0 Å². The Hall–Kier alpha value is -2.69. The monoisotopic (exact) mass is 326 g/mol. The summed E-state index contributed by atoms with van der Waals surface area (Å²) >= 11 is 0. The number of aryl methyl sites for hydroxylation is 1. The van der Waals surface area contributed by atoms with E-state index < -0.39 is 0 Å². The van der Waals surface area contributed by atoms with Gasteiger partial charge >= 0.3 is 6.03 Å². The molecular formula is C19H22N2O3. The molecule has 1 heterocycles. The predicted octanol–water partition coefficient (Wildman–Crippen LogP) is 2.68. The topological polar surface area (TPSA) is 59.6 Å². The smallest absolute Gasteiger partial charge is 0.314 e. The van der Waals surface area contributed by atoms with Crippen molar-refractivity contribution in [2.45, 2.75) is 19.4 Å². The molecular weight excluding hydrogens is 304 g/mol. The van der Waals surface area contributed by atoms with Crippen LogP contribution in [-0.2, 0) is 6.42 Å². The molecule has 2 N–H and O–H groups in total. The first-order chi connectivity index (χ1) is 11.7. The van der Waals surface area contributed by atoms with Crippen LogP contribution in [0.15, 0.2) is 48.5 Å². The molecule has 1 atom stereocenters. The molecule has 0 saturated carbocycles. The third-order valence-electron chi connectivity index (χ3n) is 3.88. The Bertz CT molecular complexity index is 685. The van der Waals surface area contributed by atoms with E-state index in [2.05, 4.69) is 41.8 Å². The van der Waals surface area contributed by atoms with Crippen LogP contribution in [0.25, 0.3) is 0 Å². The zero-order valence-corrected chi connectivity index (χ0v) is 13.7. The van der Waals surface area contributed by atoms with Gasteiger partial charge in [-0.25, -0.2) is 4.79 Å². The number of ether oxygens (including phenoxy) is 2. The lowest BCUT2D eigenvalue weighted by Gasteiger charge is -2.26. The van der Waals surface area contributed by atoms with Crippen molar-refractivity contribution in [1.82, 2.24) is 10.6 Å². The van der Waals surface area contributed by atoms with Crippen LogP contribution >= 0.6 is 0 Å². The molecule has 126 valence electrons. The number of rotatable bonds is 5. The van der Waals surface area contributed by atoms with Crippen LogP contribution in [0.5, 0.6) is 11.5 Å². The normalized spacial score (nSPS) is 15.6. The molecule has 0 fully saturated rings. The molecule has 1 aliphatic rings. The van der Waals surface area contributed by atoms with E-state index in [9.17, 15) is 4.79 Å². The minimum Gasteiger partial charge on any atom is -0.486 e. The molecule has 0 spiro atoms. The highest BCUT2D eigenvalue weighted by molar-refractivity contribution is 5.73. The predicted molar refractivity (Wildman–Crippen MR) is 92.6 cm³/mol. The highest BCUT2D eigenvalue weighted by atomic mass is 16.6. The summed E-state index contributed by atoms with van der Waals surface area (Å²) in [5.41, 5.74) is 2.45. The van der Waals surface area contributed by atoms with Gasteiger partial charge in [0, 0.05) is 6.54 Å². The van der Waals surface area contributed by atoms with E-state index in [0.29, 0.717) is 19.7 Å². The van der Waals surface area contributed by atoms with Crippen molar-refractivity contribution in [2.75, 3.05) is 19.7 Å². The summed E-state index contributed by atoms with van der Waals surface area (Å²) in [5, 5.41) is 5.68. The number of carbonyl (C=O) groups is 1. The van der Waals surface area contributed by atoms with Gasteiger partial charge in [-0.15, -0.1) is 0 Å². The third-order valence-corrected chi connectivity index (χ3v) is 3.88. The lowest BCUT2D eigenvalue weighted by molar-refractivity contribution is 0.0918. The molecule has 3 rings (SSSR count). The second kappa shape index (κ2) is 7.73. The van der Waals surface area contributed by atoms with Gasteiger partial charge in [-0.2, -0.15) is 0 Å². The van der Waals surface area contributed by atoms with Crippen LogP contribution < -0.4 is 20.1 Å². The molecule has 0 bridgehead atoms. The van der Waals surface area contributed by atoms with Gasteiger partial charge in [-0.3, -0.25) is 0 Å². The van der Waals surface area contributed by atoms with Gasteiger partial charge in [0.1, 0.15) is 6.61 Å². The fourth-order valence-electron chi connectivity index (χ4n) is 2.51. The summed E-state index contributed by atoms with van der Waals surface area (Å²) in [6, 6.07) is 15.7. The summed E-state index contributed by atoms with van der Waals surface area (Å²) in [6.45, 7) is 3.50. The van der Waals surface area contributed by atoms with Crippen LogP contribution in [0.4, 0.5) is 4.79 Å². The number of hydrogen-bond acceptors (Lipinski definition) is 3. The average Bonchev–Trinajstić information content (AvgIpc) is 2.61. The minimum atomic E-state index is -0.190. The highest BCUT2D eigenvalue weighted by Gasteiger charge is 2.20. The average molecular weight is 326 g/mol. The Morgan fingerprint density at radius 3 is 2.62 bits per heavy atom. The molecule has 2 aromatic carbocycles. The van der Waals surface area contributed by atoms with Crippen molar-refractivity contribution in [1.29, 1.82) is 0 Å². The van der Waals surface area contributed by atoms with E-state index in [1.54, 1.807) is 0 Å². The Morgan fingerprint density at radius 2 is 1.83 bits per heavy atom. The number of para-hydroxylation sites is 2. The van der Waals surface area contributed by atoms with Crippen molar-refractivity contribution < 1.29 is 14.3 Å². The van der Waals surface area contributed by atoms with Crippen LogP contribution in [-0.4, -0.2) is 31.8 Å². The Labute approximate surface area is 142 Å². The molecule has 0 saturated heterocycles. The van der Waals surface area contributed by atoms with Crippen LogP contribution in [0.2, 0.25) is 0 Å². The first-order valence-electron chi connectivity index (χ1n) is 8.16. The molecule has 0 aromatic heterocycles. The quantitative estimate of drug-likeness (QED) is 0.888. The van der Waals surface area contributed by atoms with Crippen LogP contribution in [0.3, 0.4) is 0 Å². The van der Waals surface area contributed by atoms with E-state index >= 15 is 0 Å². The second-order valence-corrected chi connectivity index (χ2v) is 5.87. The number of nitrogens with one attached hydrogen (secondary N) is 2. The minimum absolute atomic E-state index is 0.178. The number of hydrogen-bond donors (Lipinski definition) is 2. The summed E-state index contributed by atoms with van der Waals surface area (Å²) in [4.78, 5) is 11.9. The number of amides is 2. The molecule has 24 heavy (non-hydrogen) atoms. The summed E-state index contributed by atoms with van der Waals surface area (Å²) in [6.07, 6.45) is 0.632. The fourth-order valence-corrected chi connectivity index (χ4v) is 2.51. The van der Waals surface area contributed by atoms with E-state index in [1.807, 2.05) is 24.3 Å². The lowest BCUT2D eigenvalue weighted by atomic mass is 10.1. The van der Waals surface area contributed by atoms with Gasteiger partial charge in [0.15, 0.2) is 17.6 Å². The first kappa shape index (κ1) is 16.2. The number of carbonyl (C=O) groups excluding carboxylic acids is 1. The maximum Gasteiger partial charge on any atom is 0.314 e. The molecule has 1 unspecified atom stereocenters. The molecule has 2 amide bonds. The Kier molecular flexibility index (Phi) is 5.21. The van der Waals surface area contributed by atoms with Crippen molar-refractivity contribution in [3.63, 3.8) is 0 Å². The molecule has 0 aliphatic carbocycles. The van der Waals surface area contributed by atoms with Crippen molar-refractivity contribution in [3.05, 3.63) is 59.7 Å². The van der Waals surface area contributed by atoms with Gasteiger partial charge in [0.25, 0.3) is 0 Å². The van der Waals surface area contributed by atoms with Crippen molar-refractivity contribution >= 4 is 6.03 Å². The van der Waals surface area contributed by atoms with Gasteiger partial charge in [-0.05, 0) is 31.0 Å². The SMILES string of the molecule is Cc1ccc(CCNC(=O)NCC2COc3ccccc3O2)cc1. The highest BCUT2D eigenvalue weighted by Crippen LogP contribution is 2.30. The second-order valence-electron chi connectivity index (χ2n) is 5.87. The van der Waals surface area contributed by atoms with E-state index in [0.717, 1.165) is 17.9 Å². The maximum absolute atomic E-state index is 11.9. The zero-order chi connectivity index (χ0) is 16.8. The number of urea groups is 1. The molecule has 2 aromatic rings. The zero-order valence-electron chi connectivity index (χ0n) is 13.7. The van der Waals surface area contributed by atoms with Gasteiger partial charge in [0.05, 0.1) is 6.54 Å². The van der Waals surface area contributed by atoms with E-state index in [-0.39, 0.29) is 12.1 Å². The van der Waals surface area contributed by atoms with E-state index in [1.165, 1.54) is 11.1 Å². The molecule has 5 heteroatoms. The van der Waals surface area contributed by atoms with Gasteiger partial charge in [0.2, 0.25) is 0 Å². The Morgan fingerprint density at radius 1 is 1.08 bits per heavy atom. The van der Waals surface area contributed by atoms with Crippen LogP contribution in [0.1, 0.15) is 11.1 Å². The molecule has 1 aliphatic heterocycles. The molecule has 0 radical (unpaired) electrons. The largest absolute Gasteiger partial charge is 0.486 e. The van der Waals surface area contributed by atoms with Crippen molar-refractivity contribution in [2.24, 2.45) is 0 Å². The van der Waals surface area contributed by atoms with Gasteiger partial charge < -0.3 is 20.1 Å². The number of fused-ring (bicyclic) bond motifs is 1. The Balaban J connectivity index is 1.36. The first-order valence-corrected chi connectivity index (χ1v) is 8.16. The standard InChI is InChI=1S/C19H22N2O3/c1-14-6-8-15(9-7-14)10-11-20-19(22)21-12-16-13-23-17-4-2-3-5-18(17)24-16/h2-9,16H,10-13H2,1H3,(H2,20,21,22). The fraction of sp³-hybridized carbons (Fsp3) is 0.316. The van der Waals surface area contributed by atoms with E-state index in [4.69, 9.17) is 9.47 Å². The third kappa shape index (κ3) is 4.41. The maximum atomic E-state index is 11.9. The lowest BCUT2D eigenvalue weighted by Crippen LogP contribution is -2.44. The molecule has 5 nitrogen and oxygen atoms in total. The summed E-state index contributed by atoms with van der Waals surface area (Å²) < 4.78 is 11.4. The summed E-state index contributed by atoms with van der Waals surface area (Å²) in [7, 11) is 0. The number of benzene rings is 2. The summed E-state index contributed by atoms with van der Waals surface area (Å²) in [5.74, 6) is 1.46.